The van der Waals surface area contributed by atoms with Gasteiger partial charge in [0.1, 0.15) is 0 Å². The monoisotopic (exact) mass is 278 g/mol. The third-order valence-electron chi connectivity index (χ3n) is 3.22. The molecule has 1 aromatic carbocycles. The van der Waals surface area contributed by atoms with Crippen molar-refractivity contribution in [3.63, 3.8) is 0 Å². The van der Waals surface area contributed by atoms with Crippen LogP contribution in [0.4, 0.5) is 11.4 Å². The van der Waals surface area contributed by atoms with E-state index in [9.17, 15) is 4.79 Å². The molecule has 5 heteroatoms. The predicted octanol–water partition coefficient (Wildman–Crippen LogP) is 2.18. The van der Waals surface area contributed by atoms with Gasteiger partial charge < -0.3 is 20.5 Å². The summed E-state index contributed by atoms with van der Waals surface area (Å²) in [6.07, 6.45) is 3.92. The Labute approximate surface area is 119 Å². The zero-order valence-corrected chi connectivity index (χ0v) is 11.6. The summed E-state index contributed by atoms with van der Waals surface area (Å²) < 4.78 is 11.0. The highest BCUT2D eigenvalue weighted by molar-refractivity contribution is 5.91. The molecule has 0 aliphatic carbocycles. The summed E-state index contributed by atoms with van der Waals surface area (Å²) in [5.41, 5.74) is 7.00. The van der Waals surface area contributed by atoms with E-state index in [1.807, 2.05) is 12.1 Å². The number of anilines is 2. The lowest BCUT2D eigenvalue weighted by atomic mass is 10.1. The van der Waals surface area contributed by atoms with Crippen molar-refractivity contribution in [3.8, 4) is 0 Å². The van der Waals surface area contributed by atoms with Crippen molar-refractivity contribution >= 4 is 17.3 Å². The van der Waals surface area contributed by atoms with E-state index in [0.29, 0.717) is 31.0 Å². The molecule has 1 fully saturated rings. The van der Waals surface area contributed by atoms with Crippen LogP contribution in [-0.2, 0) is 14.3 Å². The first kappa shape index (κ1) is 14.8. The minimum absolute atomic E-state index is 0.0693. The van der Waals surface area contributed by atoms with Gasteiger partial charge in [-0.3, -0.25) is 4.79 Å². The lowest BCUT2D eigenvalue weighted by Crippen LogP contribution is -2.25. The maximum atomic E-state index is 11.7. The van der Waals surface area contributed by atoms with Crippen LogP contribution in [0.1, 0.15) is 25.7 Å². The maximum Gasteiger partial charge on any atom is 0.226 e. The first-order valence-corrected chi connectivity index (χ1v) is 7.09. The molecule has 0 bridgehead atoms. The van der Waals surface area contributed by atoms with E-state index in [0.717, 1.165) is 19.4 Å². The van der Waals surface area contributed by atoms with E-state index in [-0.39, 0.29) is 12.0 Å². The molecular formula is C15H22N2O3. The second kappa shape index (κ2) is 7.87. The standard InChI is InChI=1S/C15H22N2O3/c16-12-4-3-5-13(10-12)17-15(18)7-9-19-11-14-6-1-2-8-20-14/h3-5,10,14H,1-2,6-9,11,16H2,(H,17,18). The molecule has 1 heterocycles. The molecule has 1 atom stereocenters. The molecule has 2 rings (SSSR count). The summed E-state index contributed by atoms with van der Waals surface area (Å²) in [5, 5.41) is 2.79. The Kier molecular flexibility index (Phi) is 5.83. The van der Waals surface area contributed by atoms with Gasteiger partial charge in [-0.15, -0.1) is 0 Å². The van der Waals surface area contributed by atoms with Crippen LogP contribution in [0, 0.1) is 0 Å². The molecule has 110 valence electrons. The summed E-state index contributed by atoms with van der Waals surface area (Å²) >= 11 is 0. The number of carbonyl (C=O) groups excluding carboxylic acids is 1. The second-order valence-corrected chi connectivity index (χ2v) is 4.99. The summed E-state index contributed by atoms with van der Waals surface area (Å²) in [5.74, 6) is -0.0693. The van der Waals surface area contributed by atoms with Gasteiger partial charge in [0, 0.05) is 18.0 Å². The average molecular weight is 278 g/mol. The van der Waals surface area contributed by atoms with E-state index in [1.165, 1.54) is 6.42 Å². The normalized spacial score (nSPS) is 18.7. The van der Waals surface area contributed by atoms with Crippen LogP contribution in [0.25, 0.3) is 0 Å². The Balaban J connectivity index is 1.60. The topological polar surface area (TPSA) is 73.6 Å². The minimum Gasteiger partial charge on any atom is -0.399 e. The van der Waals surface area contributed by atoms with E-state index < -0.39 is 0 Å². The van der Waals surface area contributed by atoms with Gasteiger partial charge in [-0.2, -0.15) is 0 Å². The number of nitrogen functional groups attached to an aromatic ring is 1. The highest BCUT2D eigenvalue weighted by atomic mass is 16.5. The highest BCUT2D eigenvalue weighted by Gasteiger charge is 2.13. The van der Waals surface area contributed by atoms with Gasteiger partial charge in [-0.1, -0.05) is 6.07 Å². The second-order valence-electron chi connectivity index (χ2n) is 4.99. The molecule has 20 heavy (non-hydrogen) atoms. The van der Waals surface area contributed by atoms with Crippen LogP contribution >= 0.6 is 0 Å². The molecule has 3 N–H and O–H groups in total. The van der Waals surface area contributed by atoms with E-state index >= 15 is 0 Å². The highest BCUT2D eigenvalue weighted by Crippen LogP contribution is 2.13. The fourth-order valence-corrected chi connectivity index (χ4v) is 2.16. The number of hydrogen-bond donors (Lipinski definition) is 2. The number of amides is 1. The number of benzene rings is 1. The molecular weight excluding hydrogens is 256 g/mol. The number of hydrogen-bond acceptors (Lipinski definition) is 4. The Morgan fingerprint density at radius 2 is 2.35 bits per heavy atom. The van der Waals surface area contributed by atoms with Crippen molar-refractivity contribution in [2.24, 2.45) is 0 Å². The van der Waals surface area contributed by atoms with E-state index in [1.54, 1.807) is 12.1 Å². The van der Waals surface area contributed by atoms with Crippen LogP contribution < -0.4 is 11.1 Å². The summed E-state index contributed by atoms with van der Waals surface area (Å²) in [4.78, 5) is 11.7. The van der Waals surface area contributed by atoms with Crippen LogP contribution in [0.2, 0.25) is 0 Å². The largest absolute Gasteiger partial charge is 0.399 e. The Morgan fingerprint density at radius 1 is 1.45 bits per heavy atom. The molecule has 5 nitrogen and oxygen atoms in total. The Bertz CT molecular complexity index is 431. The van der Waals surface area contributed by atoms with Gasteiger partial charge in [-0.25, -0.2) is 0 Å². The molecule has 1 saturated heterocycles. The van der Waals surface area contributed by atoms with Crippen molar-refractivity contribution in [2.75, 3.05) is 30.9 Å². The third-order valence-corrected chi connectivity index (χ3v) is 3.22. The molecule has 1 unspecified atom stereocenters. The van der Waals surface area contributed by atoms with Gasteiger partial charge in [0.15, 0.2) is 0 Å². The first-order valence-electron chi connectivity index (χ1n) is 7.09. The molecule has 0 aromatic heterocycles. The molecule has 1 aliphatic rings. The third kappa shape index (κ3) is 5.19. The average Bonchev–Trinajstić information content (AvgIpc) is 2.45. The Hall–Kier alpha value is -1.59. The summed E-state index contributed by atoms with van der Waals surface area (Å²) in [7, 11) is 0. The van der Waals surface area contributed by atoms with Crippen molar-refractivity contribution in [1.82, 2.24) is 0 Å². The fourth-order valence-electron chi connectivity index (χ4n) is 2.16. The molecule has 0 spiro atoms. The number of nitrogens with two attached hydrogens (primary N) is 1. The zero-order valence-electron chi connectivity index (χ0n) is 11.6. The quantitative estimate of drug-likeness (QED) is 0.618. The number of ether oxygens (including phenoxy) is 2. The van der Waals surface area contributed by atoms with Crippen LogP contribution in [0.15, 0.2) is 24.3 Å². The van der Waals surface area contributed by atoms with Crippen molar-refractivity contribution in [1.29, 1.82) is 0 Å². The van der Waals surface area contributed by atoms with Crippen LogP contribution in [0.3, 0.4) is 0 Å². The van der Waals surface area contributed by atoms with Crippen molar-refractivity contribution < 1.29 is 14.3 Å². The van der Waals surface area contributed by atoms with Crippen molar-refractivity contribution in [2.45, 2.75) is 31.8 Å². The van der Waals surface area contributed by atoms with E-state index in [4.69, 9.17) is 15.2 Å². The smallest absolute Gasteiger partial charge is 0.226 e. The van der Waals surface area contributed by atoms with Gasteiger partial charge in [0.2, 0.25) is 5.91 Å². The fraction of sp³-hybridized carbons (Fsp3) is 0.533. The Morgan fingerprint density at radius 3 is 3.10 bits per heavy atom. The lowest BCUT2D eigenvalue weighted by Gasteiger charge is -2.22. The van der Waals surface area contributed by atoms with Gasteiger partial charge in [0.05, 0.1) is 25.7 Å². The zero-order chi connectivity index (χ0) is 14.2. The van der Waals surface area contributed by atoms with Gasteiger partial charge in [0.25, 0.3) is 0 Å². The lowest BCUT2D eigenvalue weighted by molar-refractivity contribution is -0.117. The van der Waals surface area contributed by atoms with Gasteiger partial charge >= 0.3 is 0 Å². The van der Waals surface area contributed by atoms with Gasteiger partial charge in [-0.05, 0) is 37.5 Å². The molecule has 1 aromatic rings. The summed E-state index contributed by atoms with van der Waals surface area (Å²) in [6.45, 7) is 1.81. The van der Waals surface area contributed by atoms with Crippen LogP contribution in [-0.4, -0.2) is 31.8 Å². The van der Waals surface area contributed by atoms with E-state index in [2.05, 4.69) is 5.32 Å². The maximum absolute atomic E-state index is 11.7. The molecule has 1 aliphatic heterocycles. The SMILES string of the molecule is Nc1cccc(NC(=O)CCOCC2CCCCO2)c1. The molecule has 0 radical (unpaired) electrons. The number of nitrogens with one attached hydrogen (secondary N) is 1. The molecule has 0 saturated carbocycles. The molecule has 1 amide bonds. The number of carbonyl (C=O) groups is 1. The minimum atomic E-state index is -0.0693. The number of rotatable bonds is 6. The first-order chi connectivity index (χ1) is 9.74. The summed E-state index contributed by atoms with van der Waals surface area (Å²) in [6, 6.07) is 7.13. The van der Waals surface area contributed by atoms with Crippen molar-refractivity contribution in [3.05, 3.63) is 24.3 Å². The van der Waals surface area contributed by atoms with Crippen LogP contribution in [0.5, 0.6) is 0 Å². The predicted molar refractivity (Wildman–Crippen MR) is 78.5 cm³/mol.